The van der Waals surface area contributed by atoms with Gasteiger partial charge in [-0.25, -0.2) is 12.7 Å². The molecule has 0 aromatic heterocycles. The highest BCUT2D eigenvalue weighted by Gasteiger charge is 2.22. The zero-order chi connectivity index (χ0) is 13.6. The largest absolute Gasteiger partial charge is 0.320 e. The highest BCUT2D eigenvalue weighted by molar-refractivity contribution is 7.89. The van der Waals surface area contributed by atoms with Gasteiger partial charge in [0.1, 0.15) is 0 Å². The van der Waals surface area contributed by atoms with Gasteiger partial charge in [0.15, 0.2) is 0 Å². The van der Waals surface area contributed by atoms with Crippen LogP contribution in [-0.4, -0.2) is 32.9 Å². The van der Waals surface area contributed by atoms with Crippen molar-refractivity contribution in [2.45, 2.75) is 18.2 Å². The Morgan fingerprint density at radius 3 is 2.61 bits per heavy atom. The maximum atomic E-state index is 12.3. The molecule has 1 rings (SSSR count). The summed E-state index contributed by atoms with van der Waals surface area (Å²) in [6, 6.07) is 6.72. The fourth-order valence-electron chi connectivity index (χ4n) is 1.54. The first-order valence-corrected chi connectivity index (χ1v) is 7.22. The van der Waals surface area contributed by atoms with Gasteiger partial charge in [0.2, 0.25) is 10.0 Å². The van der Waals surface area contributed by atoms with Gasteiger partial charge in [0.25, 0.3) is 0 Å². The summed E-state index contributed by atoms with van der Waals surface area (Å²) in [5, 5.41) is 0. The zero-order valence-electron chi connectivity index (χ0n) is 10.7. The van der Waals surface area contributed by atoms with E-state index in [2.05, 4.69) is 11.8 Å². The Balaban J connectivity index is 3.24. The van der Waals surface area contributed by atoms with Gasteiger partial charge in [-0.1, -0.05) is 30.9 Å². The zero-order valence-corrected chi connectivity index (χ0v) is 11.5. The maximum Gasteiger partial charge on any atom is 0.244 e. The van der Waals surface area contributed by atoms with Crippen LogP contribution in [0.3, 0.4) is 0 Å². The molecule has 0 fully saturated rings. The molecule has 0 unspecified atom stereocenters. The van der Waals surface area contributed by atoms with E-state index in [1.807, 2.05) is 6.92 Å². The molecule has 0 saturated heterocycles. The molecule has 0 saturated carbocycles. The van der Waals surface area contributed by atoms with Crippen LogP contribution < -0.4 is 5.73 Å². The molecule has 2 N–H and O–H groups in total. The summed E-state index contributed by atoms with van der Waals surface area (Å²) < 4.78 is 26.0. The summed E-state index contributed by atoms with van der Waals surface area (Å²) in [5.74, 6) is 5.48. The Labute approximate surface area is 109 Å². The lowest BCUT2D eigenvalue weighted by Gasteiger charge is -2.17. The lowest BCUT2D eigenvalue weighted by Crippen LogP contribution is -2.28. The topological polar surface area (TPSA) is 63.4 Å². The molecule has 0 aliphatic heterocycles. The van der Waals surface area contributed by atoms with Crippen LogP contribution in [0.25, 0.3) is 0 Å². The van der Waals surface area contributed by atoms with E-state index in [4.69, 9.17) is 5.73 Å². The lowest BCUT2D eigenvalue weighted by atomic mass is 10.2. The molecule has 0 aliphatic carbocycles. The SMILES string of the molecule is CCCN(C)S(=O)(=O)c1ccccc1C#CCN. The summed E-state index contributed by atoms with van der Waals surface area (Å²) in [7, 11) is -1.90. The van der Waals surface area contributed by atoms with Gasteiger partial charge in [0.05, 0.1) is 11.4 Å². The molecule has 1 aromatic rings. The number of rotatable bonds is 4. The quantitative estimate of drug-likeness (QED) is 0.828. The first kappa shape index (κ1) is 14.7. The van der Waals surface area contributed by atoms with Crippen molar-refractivity contribution in [2.24, 2.45) is 5.73 Å². The third-order valence-electron chi connectivity index (χ3n) is 2.44. The second kappa shape index (κ2) is 6.55. The maximum absolute atomic E-state index is 12.3. The molecule has 4 nitrogen and oxygen atoms in total. The Morgan fingerprint density at radius 2 is 2.00 bits per heavy atom. The van der Waals surface area contributed by atoms with E-state index in [9.17, 15) is 8.42 Å². The van der Waals surface area contributed by atoms with Crippen molar-refractivity contribution in [1.29, 1.82) is 0 Å². The minimum absolute atomic E-state index is 0.208. The van der Waals surface area contributed by atoms with E-state index in [1.54, 1.807) is 31.3 Å². The Bertz CT molecular complexity index is 556. The van der Waals surface area contributed by atoms with Gasteiger partial charge >= 0.3 is 0 Å². The molecule has 0 radical (unpaired) electrons. The number of hydrogen-bond acceptors (Lipinski definition) is 3. The van der Waals surface area contributed by atoms with Gasteiger partial charge in [-0.05, 0) is 18.6 Å². The molecular weight excluding hydrogens is 248 g/mol. The molecule has 0 aliphatic rings. The van der Waals surface area contributed by atoms with Crippen LogP contribution in [0, 0.1) is 11.8 Å². The molecule has 0 spiro atoms. The summed E-state index contributed by atoms with van der Waals surface area (Å²) in [5.41, 5.74) is 5.80. The molecule has 98 valence electrons. The molecule has 0 amide bonds. The van der Waals surface area contributed by atoms with Gasteiger partial charge < -0.3 is 5.73 Å². The molecule has 5 heteroatoms. The van der Waals surface area contributed by atoms with Crippen molar-refractivity contribution in [3.05, 3.63) is 29.8 Å². The average Bonchev–Trinajstić information content (AvgIpc) is 2.37. The average molecular weight is 266 g/mol. The number of nitrogens with zero attached hydrogens (tertiary/aromatic N) is 1. The van der Waals surface area contributed by atoms with Crippen LogP contribution in [0.2, 0.25) is 0 Å². The van der Waals surface area contributed by atoms with Gasteiger partial charge in [0, 0.05) is 19.2 Å². The van der Waals surface area contributed by atoms with E-state index < -0.39 is 10.0 Å². The Hall–Kier alpha value is -1.35. The monoisotopic (exact) mass is 266 g/mol. The molecule has 0 heterocycles. The fourth-order valence-corrected chi connectivity index (χ4v) is 2.95. The highest BCUT2D eigenvalue weighted by atomic mass is 32.2. The standard InChI is InChI=1S/C13H18N2O2S/c1-3-11-15(2)18(16,17)13-9-5-4-7-12(13)8-6-10-14/h4-5,7,9H,3,10-11,14H2,1-2H3. The van der Waals surface area contributed by atoms with E-state index in [0.29, 0.717) is 12.1 Å². The number of hydrogen-bond donors (Lipinski definition) is 1. The number of nitrogens with two attached hydrogens (primary N) is 1. The number of sulfonamides is 1. The van der Waals surface area contributed by atoms with E-state index in [-0.39, 0.29) is 11.4 Å². The predicted octanol–water partition coefficient (Wildman–Crippen LogP) is 1.03. The van der Waals surface area contributed by atoms with Crippen molar-refractivity contribution in [1.82, 2.24) is 4.31 Å². The van der Waals surface area contributed by atoms with Crippen LogP contribution >= 0.6 is 0 Å². The second-order valence-corrected chi connectivity index (χ2v) is 5.84. The van der Waals surface area contributed by atoms with Crippen molar-refractivity contribution < 1.29 is 8.42 Å². The highest BCUT2D eigenvalue weighted by Crippen LogP contribution is 2.18. The van der Waals surface area contributed by atoms with Gasteiger partial charge in [-0.3, -0.25) is 0 Å². The van der Waals surface area contributed by atoms with Crippen LogP contribution in [0.5, 0.6) is 0 Å². The summed E-state index contributed by atoms with van der Waals surface area (Å²) in [6.45, 7) is 2.63. The van der Waals surface area contributed by atoms with Gasteiger partial charge in [-0.2, -0.15) is 0 Å². The number of benzene rings is 1. The van der Waals surface area contributed by atoms with Crippen LogP contribution in [0.15, 0.2) is 29.2 Å². The summed E-state index contributed by atoms with van der Waals surface area (Å²) in [6.07, 6.45) is 0.770. The second-order valence-electron chi connectivity index (χ2n) is 3.83. The molecule has 18 heavy (non-hydrogen) atoms. The van der Waals surface area contributed by atoms with Crippen molar-refractivity contribution in [3.8, 4) is 11.8 Å². The predicted molar refractivity (Wildman–Crippen MR) is 72.5 cm³/mol. The van der Waals surface area contributed by atoms with Crippen LogP contribution in [-0.2, 0) is 10.0 Å². The van der Waals surface area contributed by atoms with E-state index in [0.717, 1.165) is 6.42 Å². The van der Waals surface area contributed by atoms with E-state index >= 15 is 0 Å². The van der Waals surface area contributed by atoms with Crippen molar-refractivity contribution in [3.63, 3.8) is 0 Å². The molecule has 0 atom stereocenters. The third kappa shape index (κ3) is 3.33. The molecule has 1 aromatic carbocycles. The minimum atomic E-state index is -3.47. The van der Waals surface area contributed by atoms with Crippen molar-refractivity contribution >= 4 is 10.0 Å². The summed E-state index contributed by atoms with van der Waals surface area (Å²) in [4.78, 5) is 0.238. The molecule has 0 bridgehead atoms. The van der Waals surface area contributed by atoms with Gasteiger partial charge in [-0.15, -0.1) is 0 Å². The van der Waals surface area contributed by atoms with E-state index in [1.165, 1.54) is 4.31 Å². The lowest BCUT2D eigenvalue weighted by molar-refractivity contribution is 0.468. The first-order valence-electron chi connectivity index (χ1n) is 5.78. The Kier molecular flexibility index (Phi) is 5.35. The van der Waals surface area contributed by atoms with Crippen LogP contribution in [0.1, 0.15) is 18.9 Å². The normalized spacial score (nSPS) is 11.1. The fraction of sp³-hybridized carbons (Fsp3) is 0.385. The first-order chi connectivity index (χ1) is 8.54. The third-order valence-corrected chi connectivity index (χ3v) is 4.35. The minimum Gasteiger partial charge on any atom is -0.320 e. The van der Waals surface area contributed by atoms with Crippen LogP contribution in [0.4, 0.5) is 0 Å². The van der Waals surface area contributed by atoms with Crippen molar-refractivity contribution in [2.75, 3.05) is 20.1 Å². The Morgan fingerprint density at radius 1 is 1.33 bits per heavy atom. The smallest absolute Gasteiger partial charge is 0.244 e. The molecular formula is C13H18N2O2S. The summed E-state index contributed by atoms with van der Waals surface area (Å²) >= 11 is 0.